The van der Waals surface area contributed by atoms with Crippen LogP contribution in [-0.2, 0) is 29.2 Å². The lowest BCUT2D eigenvalue weighted by molar-refractivity contribution is -0.162. The fourth-order valence-corrected chi connectivity index (χ4v) is 3.34. The van der Waals surface area contributed by atoms with Crippen molar-refractivity contribution in [1.29, 1.82) is 0 Å². The number of fused-ring (bicyclic) bond motifs is 3. The van der Waals surface area contributed by atoms with Gasteiger partial charge in [0.1, 0.15) is 13.3 Å². The largest absolute Gasteiger partial charge is 0.406 e. The highest BCUT2D eigenvalue weighted by Gasteiger charge is 2.34. The Bertz CT molecular complexity index is 788. The summed E-state index contributed by atoms with van der Waals surface area (Å²) in [5.41, 5.74) is 2.04. The Morgan fingerprint density at radius 1 is 1.38 bits per heavy atom. The van der Waals surface area contributed by atoms with Crippen molar-refractivity contribution in [3.8, 4) is 0 Å². The van der Waals surface area contributed by atoms with Crippen LogP contribution in [0.15, 0.2) is 12.3 Å². The molecule has 1 aromatic heterocycles. The maximum absolute atomic E-state index is 12.8. The van der Waals surface area contributed by atoms with Gasteiger partial charge in [-0.25, -0.2) is 4.68 Å². The number of nitrogens with zero attached hydrogens (tertiary/aromatic N) is 3. The van der Waals surface area contributed by atoms with Gasteiger partial charge in [0.15, 0.2) is 0 Å². The molecule has 1 aromatic carbocycles. The van der Waals surface area contributed by atoms with Crippen molar-refractivity contribution in [3.63, 3.8) is 0 Å². The number of halogens is 4. The monoisotopic (exact) mass is 361 g/mol. The molecule has 0 unspecified atom stereocenters. The lowest BCUT2D eigenvalue weighted by atomic mass is 10.0. The third-order valence-corrected chi connectivity index (χ3v) is 4.30. The molecule has 0 N–H and O–H groups in total. The zero-order chi connectivity index (χ0) is 17.5. The molecule has 2 aromatic rings. The first-order valence-electron chi connectivity index (χ1n) is 7.29. The van der Waals surface area contributed by atoms with Gasteiger partial charge in [-0.3, -0.25) is 4.79 Å². The van der Waals surface area contributed by atoms with E-state index in [-0.39, 0.29) is 19.7 Å². The summed E-state index contributed by atoms with van der Waals surface area (Å²) in [6.07, 6.45) is -2.50. The zero-order valence-electron chi connectivity index (χ0n) is 12.9. The number of hydrogen-bond donors (Lipinski definition) is 0. The van der Waals surface area contributed by atoms with Gasteiger partial charge < -0.3 is 9.64 Å². The molecule has 5 nitrogen and oxygen atoms in total. The summed E-state index contributed by atoms with van der Waals surface area (Å²) in [6.45, 7) is -1.20. The van der Waals surface area contributed by atoms with Crippen LogP contribution in [-0.4, -0.2) is 40.4 Å². The third kappa shape index (κ3) is 3.21. The van der Waals surface area contributed by atoms with Crippen LogP contribution in [0.3, 0.4) is 0 Å². The van der Waals surface area contributed by atoms with E-state index < -0.39 is 18.6 Å². The Kier molecular flexibility index (Phi) is 4.44. The number of benzene rings is 1. The molecule has 130 valence electrons. The smallest absolute Gasteiger partial charge is 0.362 e. The number of ether oxygens (including phenoxy) is 1. The predicted molar refractivity (Wildman–Crippen MR) is 81.5 cm³/mol. The van der Waals surface area contributed by atoms with E-state index in [4.69, 9.17) is 16.3 Å². The maximum Gasteiger partial charge on any atom is 0.406 e. The van der Waals surface area contributed by atoms with Crippen molar-refractivity contribution in [3.05, 3.63) is 28.4 Å². The number of methoxy groups -OCH3 is 1. The minimum atomic E-state index is -4.44. The molecule has 1 aliphatic heterocycles. The molecule has 0 saturated heterocycles. The van der Waals surface area contributed by atoms with Crippen LogP contribution in [0, 0.1) is 0 Å². The quantitative estimate of drug-likeness (QED) is 0.844. The Labute approximate surface area is 140 Å². The zero-order valence-corrected chi connectivity index (χ0v) is 13.6. The summed E-state index contributed by atoms with van der Waals surface area (Å²) in [6, 6.07) is 1.71. The fraction of sp³-hybridized carbons (Fsp3) is 0.467. The Morgan fingerprint density at radius 2 is 2.12 bits per heavy atom. The van der Waals surface area contributed by atoms with Crippen LogP contribution in [0.1, 0.15) is 17.5 Å². The Balaban J connectivity index is 2.08. The second kappa shape index (κ2) is 6.25. The Morgan fingerprint density at radius 3 is 2.79 bits per heavy atom. The molecule has 24 heavy (non-hydrogen) atoms. The standard InChI is InChI=1S/C15H15ClF3N3O2/c1-24-8-22-14-10(5-20-22)11-6-21(7-15(17,18)19)13(23)3-2-9(11)4-12(14)16/h4-5H,2-3,6-8H2,1H3. The molecule has 0 fully saturated rings. The number of carbonyl (C=O) groups excluding carboxylic acids is 1. The van der Waals surface area contributed by atoms with Crippen LogP contribution < -0.4 is 0 Å². The summed E-state index contributed by atoms with van der Waals surface area (Å²) >= 11 is 6.31. The molecular weight excluding hydrogens is 347 g/mol. The number of aryl methyl sites for hydroxylation is 1. The van der Waals surface area contributed by atoms with Crippen molar-refractivity contribution < 1.29 is 22.7 Å². The van der Waals surface area contributed by atoms with E-state index in [1.807, 2.05) is 0 Å². The SMILES string of the molecule is COCn1ncc2c3c(cc(Cl)c21)CCC(=O)N(CC(F)(F)F)C3. The van der Waals surface area contributed by atoms with Gasteiger partial charge >= 0.3 is 6.18 Å². The first-order valence-corrected chi connectivity index (χ1v) is 7.67. The minimum absolute atomic E-state index is 0.0249. The first kappa shape index (κ1) is 17.0. The van der Waals surface area contributed by atoms with E-state index in [2.05, 4.69) is 5.10 Å². The summed E-state index contributed by atoms with van der Waals surface area (Å²) < 4.78 is 44.9. The number of rotatable bonds is 3. The van der Waals surface area contributed by atoms with E-state index >= 15 is 0 Å². The summed E-state index contributed by atoms with van der Waals surface area (Å²) in [7, 11) is 1.51. The van der Waals surface area contributed by atoms with Gasteiger partial charge in [0.2, 0.25) is 5.91 Å². The number of aromatic nitrogens is 2. The summed E-state index contributed by atoms with van der Waals surface area (Å²) in [5.74, 6) is -0.517. The van der Waals surface area contributed by atoms with Crippen molar-refractivity contribution in [2.45, 2.75) is 32.3 Å². The van der Waals surface area contributed by atoms with E-state index in [1.54, 1.807) is 16.9 Å². The van der Waals surface area contributed by atoms with E-state index in [0.717, 1.165) is 10.5 Å². The highest BCUT2D eigenvalue weighted by molar-refractivity contribution is 6.35. The van der Waals surface area contributed by atoms with Gasteiger partial charge in [-0.05, 0) is 23.6 Å². The molecule has 2 heterocycles. The van der Waals surface area contributed by atoms with Crippen LogP contribution in [0.25, 0.3) is 10.9 Å². The molecule has 0 saturated carbocycles. The van der Waals surface area contributed by atoms with Crippen molar-refractivity contribution >= 4 is 28.4 Å². The second-order valence-corrected chi connectivity index (χ2v) is 6.09. The first-order chi connectivity index (χ1) is 11.3. The van der Waals surface area contributed by atoms with Gasteiger partial charge in [-0.15, -0.1) is 0 Å². The van der Waals surface area contributed by atoms with Gasteiger partial charge in [0.05, 0.1) is 16.7 Å². The molecule has 0 bridgehead atoms. The van der Waals surface area contributed by atoms with Gasteiger partial charge in [-0.1, -0.05) is 11.6 Å². The number of amides is 1. The van der Waals surface area contributed by atoms with E-state index in [1.165, 1.54) is 7.11 Å². The molecule has 3 rings (SSSR count). The highest BCUT2D eigenvalue weighted by atomic mass is 35.5. The van der Waals surface area contributed by atoms with Crippen LogP contribution in [0.2, 0.25) is 5.02 Å². The van der Waals surface area contributed by atoms with E-state index in [9.17, 15) is 18.0 Å². The van der Waals surface area contributed by atoms with Crippen molar-refractivity contribution in [1.82, 2.24) is 14.7 Å². The molecule has 0 spiro atoms. The average Bonchev–Trinajstić information content (AvgIpc) is 2.84. The van der Waals surface area contributed by atoms with Gasteiger partial charge in [0, 0.05) is 25.5 Å². The molecule has 0 radical (unpaired) electrons. The highest BCUT2D eigenvalue weighted by Crippen LogP contribution is 2.34. The molecule has 9 heteroatoms. The van der Waals surface area contributed by atoms with Crippen molar-refractivity contribution in [2.24, 2.45) is 0 Å². The molecule has 0 atom stereocenters. The third-order valence-electron chi connectivity index (χ3n) is 4.01. The lowest BCUT2D eigenvalue weighted by Gasteiger charge is -2.22. The average molecular weight is 362 g/mol. The van der Waals surface area contributed by atoms with E-state index in [0.29, 0.717) is 27.9 Å². The fourth-order valence-electron chi connectivity index (χ4n) is 3.01. The number of hydrogen-bond acceptors (Lipinski definition) is 3. The predicted octanol–water partition coefficient (Wildman–Crippen LogP) is 3.13. The van der Waals surface area contributed by atoms with Crippen molar-refractivity contribution in [2.75, 3.05) is 13.7 Å². The lowest BCUT2D eigenvalue weighted by Crippen LogP contribution is -2.37. The van der Waals surface area contributed by atoms with Crippen LogP contribution >= 0.6 is 11.6 Å². The maximum atomic E-state index is 12.8. The van der Waals surface area contributed by atoms with Crippen LogP contribution in [0.4, 0.5) is 13.2 Å². The summed E-state index contributed by atoms with van der Waals surface area (Å²) in [4.78, 5) is 12.9. The number of carbonyl (C=O) groups is 1. The normalized spacial score (nSPS) is 15.7. The Hall–Kier alpha value is -1.80. The van der Waals surface area contributed by atoms with Gasteiger partial charge in [0.25, 0.3) is 0 Å². The van der Waals surface area contributed by atoms with Crippen LogP contribution in [0.5, 0.6) is 0 Å². The molecular formula is C15H15ClF3N3O2. The topological polar surface area (TPSA) is 47.4 Å². The molecule has 0 aliphatic carbocycles. The second-order valence-electron chi connectivity index (χ2n) is 5.69. The molecule has 1 aliphatic rings. The molecule has 1 amide bonds. The summed E-state index contributed by atoms with van der Waals surface area (Å²) in [5, 5.41) is 5.27. The minimum Gasteiger partial charge on any atom is -0.362 e. The van der Waals surface area contributed by atoms with Gasteiger partial charge in [-0.2, -0.15) is 18.3 Å². The number of alkyl halides is 3.